The topological polar surface area (TPSA) is 83.4 Å². The van der Waals surface area contributed by atoms with Crippen LogP contribution in [0.15, 0.2) is 24.3 Å². The largest absolute Gasteiger partial charge is 0.359 e. The van der Waals surface area contributed by atoms with Crippen LogP contribution in [0.4, 0.5) is 0 Å². The van der Waals surface area contributed by atoms with Crippen LogP contribution in [-0.4, -0.2) is 76.9 Å². The average Bonchev–Trinajstić information content (AvgIpc) is 2.93. The number of aromatic nitrogens is 3. The first-order valence-electron chi connectivity index (χ1n) is 8.54. The number of likely N-dealkylation sites (N-methyl/N-ethyl adjacent to an activating group) is 1. The number of carbonyl (C=O) groups excluding carboxylic acids is 2. The number of fused-ring (bicyclic) bond motifs is 1. The van der Waals surface area contributed by atoms with Gasteiger partial charge < -0.3 is 15.1 Å². The molecule has 8 heteroatoms. The van der Waals surface area contributed by atoms with E-state index in [4.69, 9.17) is 0 Å². The number of aryl methyl sites for hydroxylation is 1. The Balaban J connectivity index is 1.64. The minimum absolute atomic E-state index is 0.0196. The van der Waals surface area contributed by atoms with Crippen molar-refractivity contribution in [1.29, 1.82) is 0 Å². The summed E-state index contributed by atoms with van der Waals surface area (Å²) in [6.45, 7) is 3.01. The van der Waals surface area contributed by atoms with Gasteiger partial charge in [0.1, 0.15) is 5.52 Å². The van der Waals surface area contributed by atoms with Crippen LogP contribution in [-0.2, 0) is 16.1 Å². The van der Waals surface area contributed by atoms with Crippen LogP contribution in [0.3, 0.4) is 0 Å². The van der Waals surface area contributed by atoms with Crippen LogP contribution >= 0.6 is 0 Å². The summed E-state index contributed by atoms with van der Waals surface area (Å²) in [5.41, 5.74) is 1.75. The van der Waals surface area contributed by atoms with E-state index >= 15 is 0 Å². The maximum absolute atomic E-state index is 12.7. The number of rotatable bonds is 4. The van der Waals surface area contributed by atoms with E-state index in [0.29, 0.717) is 32.6 Å². The second kappa shape index (κ2) is 7.60. The zero-order valence-electron chi connectivity index (χ0n) is 14.7. The zero-order valence-corrected chi connectivity index (χ0v) is 14.7. The zero-order chi connectivity index (χ0) is 17.8. The van der Waals surface area contributed by atoms with Gasteiger partial charge >= 0.3 is 0 Å². The van der Waals surface area contributed by atoms with Gasteiger partial charge in [-0.3, -0.25) is 9.59 Å². The van der Waals surface area contributed by atoms with Crippen LogP contribution in [0.2, 0.25) is 0 Å². The molecule has 1 N–H and O–H groups in total. The number of carbonyl (C=O) groups is 2. The average molecular weight is 344 g/mol. The number of amides is 2. The number of benzene rings is 1. The monoisotopic (exact) mass is 344 g/mol. The molecule has 1 aromatic heterocycles. The first-order chi connectivity index (χ1) is 12.1. The van der Waals surface area contributed by atoms with Crippen molar-refractivity contribution < 1.29 is 9.59 Å². The van der Waals surface area contributed by atoms with Gasteiger partial charge in [-0.1, -0.05) is 17.3 Å². The number of nitrogens with one attached hydrogen (secondary N) is 1. The Labute approximate surface area is 146 Å². The van der Waals surface area contributed by atoms with Crippen LogP contribution < -0.4 is 5.32 Å². The molecule has 1 aliphatic rings. The Morgan fingerprint density at radius 2 is 2.04 bits per heavy atom. The van der Waals surface area contributed by atoms with E-state index in [1.165, 1.54) is 0 Å². The van der Waals surface area contributed by atoms with Crippen LogP contribution in [0.5, 0.6) is 0 Å². The van der Waals surface area contributed by atoms with Crippen molar-refractivity contribution >= 4 is 22.8 Å². The van der Waals surface area contributed by atoms with E-state index in [-0.39, 0.29) is 17.7 Å². The van der Waals surface area contributed by atoms with Gasteiger partial charge in [0.05, 0.1) is 18.0 Å². The lowest BCUT2D eigenvalue weighted by Gasteiger charge is -2.23. The van der Waals surface area contributed by atoms with E-state index in [2.05, 4.69) is 20.5 Å². The smallest absolute Gasteiger partial charge is 0.225 e. The molecule has 2 aromatic rings. The van der Waals surface area contributed by atoms with Crippen LogP contribution in [0.1, 0.15) is 6.42 Å². The van der Waals surface area contributed by atoms with Gasteiger partial charge in [-0.15, -0.1) is 5.10 Å². The third-order valence-corrected chi connectivity index (χ3v) is 4.65. The summed E-state index contributed by atoms with van der Waals surface area (Å²) in [6, 6.07) is 7.70. The molecule has 2 heterocycles. The molecule has 1 atom stereocenters. The quantitative estimate of drug-likeness (QED) is 0.841. The molecule has 2 amide bonds. The van der Waals surface area contributed by atoms with Crippen LogP contribution in [0, 0.1) is 5.92 Å². The maximum Gasteiger partial charge on any atom is 0.225 e. The van der Waals surface area contributed by atoms with E-state index in [1.807, 2.05) is 31.3 Å². The number of para-hydroxylation sites is 1. The fraction of sp³-hybridized carbons (Fsp3) is 0.529. The molecule has 1 fully saturated rings. The summed E-state index contributed by atoms with van der Waals surface area (Å²) in [6.07, 6.45) is 0.345. The van der Waals surface area contributed by atoms with Crippen molar-refractivity contribution in [2.45, 2.75) is 13.0 Å². The van der Waals surface area contributed by atoms with Gasteiger partial charge in [0.15, 0.2) is 0 Å². The molecule has 1 saturated heterocycles. The molecule has 0 spiro atoms. The summed E-state index contributed by atoms with van der Waals surface area (Å²) in [4.78, 5) is 28.6. The third kappa shape index (κ3) is 3.96. The highest BCUT2D eigenvalue weighted by Crippen LogP contribution is 2.13. The number of nitrogens with zero attached hydrogens (tertiary/aromatic N) is 5. The Morgan fingerprint density at radius 3 is 2.84 bits per heavy atom. The predicted octanol–water partition coefficient (Wildman–Crippen LogP) is -0.0424. The molecule has 0 unspecified atom stereocenters. The van der Waals surface area contributed by atoms with Crippen molar-refractivity contribution in [3.05, 3.63) is 24.3 Å². The molecule has 8 nitrogen and oxygen atoms in total. The highest BCUT2D eigenvalue weighted by Gasteiger charge is 2.28. The third-order valence-electron chi connectivity index (χ3n) is 4.65. The number of hydrogen-bond donors (Lipinski definition) is 1. The molecule has 0 aliphatic carbocycles. The normalized spacial score (nSPS) is 19.0. The molecule has 1 aliphatic heterocycles. The minimum Gasteiger partial charge on any atom is -0.359 e. The molecule has 25 heavy (non-hydrogen) atoms. The van der Waals surface area contributed by atoms with Gasteiger partial charge in [-0.2, -0.15) is 0 Å². The fourth-order valence-electron chi connectivity index (χ4n) is 3.21. The lowest BCUT2D eigenvalue weighted by molar-refractivity contribution is -0.133. The Morgan fingerprint density at radius 1 is 1.24 bits per heavy atom. The van der Waals surface area contributed by atoms with Crippen molar-refractivity contribution in [2.75, 3.05) is 40.3 Å². The minimum atomic E-state index is -0.200. The first kappa shape index (κ1) is 17.3. The molecule has 1 aromatic carbocycles. The summed E-state index contributed by atoms with van der Waals surface area (Å²) in [7, 11) is 3.61. The fourth-order valence-corrected chi connectivity index (χ4v) is 3.21. The molecule has 0 bridgehead atoms. The molecular formula is C17H24N6O2. The second-order valence-electron chi connectivity index (χ2n) is 6.46. The summed E-state index contributed by atoms with van der Waals surface area (Å²) >= 11 is 0. The van der Waals surface area contributed by atoms with Gasteiger partial charge in [-0.25, -0.2) is 4.68 Å². The van der Waals surface area contributed by atoms with Crippen molar-refractivity contribution in [3.63, 3.8) is 0 Å². The first-order valence-corrected chi connectivity index (χ1v) is 8.54. The Kier molecular flexibility index (Phi) is 5.28. The van der Waals surface area contributed by atoms with E-state index < -0.39 is 0 Å². The Bertz CT molecular complexity index is 758. The highest BCUT2D eigenvalue weighted by atomic mass is 16.2. The van der Waals surface area contributed by atoms with Crippen LogP contribution in [0.25, 0.3) is 11.0 Å². The molecule has 3 rings (SSSR count). The van der Waals surface area contributed by atoms with Gasteiger partial charge in [-0.05, 0) is 19.2 Å². The second-order valence-corrected chi connectivity index (χ2v) is 6.46. The van der Waals surface area contributed by atoms with Gasteiger partial charge in [0.2, 0.25) is 11.8 Å². The number of hydrogen-bond acceptors (Lipinski definition) is 5. The van der Waals surface area contributed by atoms with Crippen molar-refractivity contribution in [3.8, 4) is 0 Å². The van der Waals surface area contributed by atoms with Gasteiger partial charge in [0, 0.05) is 39.6 Å². The molecule has 134 valence electrons. The van der Waals surface area contributed by atoms with E-state index in [0.717, 1.165) is 17.6 Å². The summed E-state index contributed by atoms with van der Waals surface area (Å²) in [5, 5.41) is 10.9. The maximum atomic E-state index is 12.7. The standard InChI is InChI=1S/C17H24N6O2/c1-18-17(25)13-11-21(2)9-10-22(12-13)16(24)7-8-23-15-6-4-3-5-14(15)19-20-23/h3-6,13H,7-12H2,1-2H3,(H,18,25)/t13-/m0/s1. The molecule has 0 saturated carbocycles. The summed E-state index contributed by atoms with van der Waals surface area (Å²) in [5.74, 6) is -0.175. The molecule has 0 radical (unpaired) electrons. The predicted molar refractivity (Wildman–Crippen MR) is 93.8 cm³/mol. The van der Waals surface area contributed by atoms with E-state index in [9.17, 15) is 9.59 Å². The highest BCUT2D eigenvalue weighted by molar-refractivity contribution is 5.81. The lowest BCUT2D eigenvalue weighted by Crippen LogP contribution is -2.41. The van der Waals surface area contributed by atoms with E-state index in [1.54, 1.807) is 16.6 Å². The Hall–Kier alpha value is -2.48. The van der Waals surface area contributed by atoms with Crippen molar-refractivity contribution in [2.24, 2.45) is 5.92 Å². The molecular weight excluding hydrogens is 320 g/mol. The van der Waals surface area contributed by atoms with Gasteiger partial charge in [0.25, 0.3) is 0 Å². The SMILES string of the molecule is CNC(=O)[C@H]1CN(C)CCN(C(=O)CCn2nnc3ccccc32)C1. The lowest BCUT2D eigenvalue weighted by atomic mass is 10.1. The summed E-state index contributed by atoms with van der Waals surface area (Å²) < 4.78 is 1.76. The van der Waals surface area contributed by atoms with Crippen molar-refractivity contribution in [1.82, 2.24) is 30.1 Å².